The topological polar surface area (TPSA) is 60.2 Å². The van der Waals surface area contributed by atoms with Gasteiger partial charge in [0.1, 0.15) is 5.69 Å². The summed E-state index contributed by atoms with van der Waals surface area (Å²) in [6.45, 7) is 4.19. The van der Waals surface area contributed by atoms with Gasteiger partial charge in [-0.15, -0.1) is 5.10 Å². The van der Waals surface area contributed by atoms with Crippen molar-refractivity contribution in [2.24, 2.45) is 0 Å². The van der Waals surface area contributed by atoms with Gasteiger partial charge in [0.15, 0.2) is 0 Å². The lowest BCUT2D eigenvalue weighted by molar-refractivity contribution is -0.128. The number of hydrogen-bond donors (Lipinski definition) is 0. The summed E-state index contributed by atoms with van der Waals surface area (Å²) < 4.78 is 7.13. The zero-order chi connectivity index (χ0) is 15.4. The van der Waals surface area contributed by atoms with Crippen LogP contribution in [0.2, 0.25) is 0 Å². The lowest BCUT2D eigenvalue weighted by Crippen LogP contribution is -2.39. The third-order valence-electron chi connectivity index (χ3n) is 4.14. The molecule has 1 saturated heterocycles. The number of nitrogens with zero attached hydrogens (tertiary/aromatic N) is 4. The largest absolute Gasteiger partial charge is 0.501 e. The minimum absolute atomic E-state index is 0.121. The van der Waals surface area contributed by atoms with Gasteiger partial charge in [-0.1, -0.05) is 11.3 Å². The molecule has 1 atom stereocenters. The Morgan fingerprint density at radius 3 is 3.18 bits per heavy atom. The summed E-state index contributed by atoms with van der Waals surface area (Å²) in [4.78, 5) is 14.6. The number of likely N-dealkylation sites (tertiary alicyclic amines) is 1. The van der Waals surface area contributed by atoms with E-state index in [1.165, 1.54) is 0 Å². The van der Waals surface area contributed by atoms with Gasteiger partial charge in [0.25, 0.3) is 5.91 Å². The van der Waals surface area contributed by atoms with Gasteiger partial charge in [0.2, 0.25) is 0 Å². The molecule has 1 amide bonds. The highest BCUT2D eigenvalue weighted by molar-refractivity contribution is 5.93. The number of aromatic nitrogens is 3. The first-order valence-electron chi connectivity index (χ1n) is 7.92. The van der Waals surface area contributed by atoms with Crippen molar-refractivity contribution in [2.45, 2.75) is 45.2 Å². The number of amides is 1. The van der Waals surface area contributed by atoms with Gasteiger partial charge in [0.05, 0.1) is 37.2 Å². The van der Waals surface area contributed by atoms with E-state index in [0.29, 0.717) is 13.2 Å². The van der Waals surface area contributed by atoms with Gasteiger partial charge < -0.3 is 9.64 Å². The molecule has 6 nitrogen and oxygen atoms in total. The van der Waals surface area contributed by atoms with Crippen molar-refractivity contribution in [3.63, 3.8) is 0 Å². The molecule has 3 rings (SSSR count). The van der Waals surface area contributed by atoms with Crippen molar-refractivity contribution in [1.82, 2.24) is 19.9 Å². The Balaban J connectivity index is 1.67. The fourth-order valence-corrected chi connectivity index (χ4v) is 3.06. The molecule has 0 N–H and O–H groups in total. The van der Waals surface area contributed by atoms with Crippen LogP contribution in [-0.2, 0) is 16.1 Å². The number of carbonyl (C=O) groups excluding carboxylic acids is 1. The maximum absolute atomic E-state index is 12.6. The summed E-state index contributed by atoms with van der Waals surface area (Å²) in [7, 11) is 0. The van der Waals surface area contributed by atoms with Gasteiger partial charge in [-0.2, -0.15) is 0 Å². The van der Waals surface area contributed by atoms with Crippen LogP contribution in [-0.4, -0.2) is 45.0 Å². The maximum atomic E-state index is 12.6. The zero-order valence-corrected chi connectivity index (χ0v) is 12.9. The summed E-state index contributed by atoms with van der Waals surface area (Å²) >= 11 is 0. The van der Waals surface area contributed by atoms with Crippen molar-refractivity contribution in [2.75, 3.05) is 13.2 Å². The molecule has 0 radical (unpaired) electrons. The standard InChI is InChI=1S/C16H22N4O2/c1-2-5-14-10-19(18-17-14)11-15-7-3-8-20(15)16(21)13-6-4-9-22-12-13/h2,5,10,12,15H,3-4,6-9,11H2,1H3/b5-2+. The monoisotopic (exact) mass is 302 g/mol. The molecule has 3 heterocycles. The van der Waals surface area contributed by atoms with Crippen LogP contribution in [0.15, 0.2) is 24.1 Å². The third-order valence-corrected chi connectivity index (χ3v) is 4.14. The van der Waals surface area contributed by atoms with Crippen LogP contribution in [0, 0.1) is 0 Å². The minimum Gasteiger partial charge on any atom is -0.501 e. The molecule has 0 aromatic carbocycles. The van der Waals surface area contributed by atoms with Gasteiger partial charge >= 0.3 is 0 Å². The second-order valence-electron chi connectivity index (χ2n) is 5.78. The average molecular weight is 302 g/mol. The number of hydrogen-bond acceptors (Lipinski definition) is 4. The van der Waals surface area contributed by atoms with Crippen molar-refractivity contribution >= 4 is 12.0 Å². The van der Waals surface area contributed by atoms with Crippen molar-refractivity contribution in [1.29, 1.82) is 0 Å². The predicted octanol–water partition coefficient (Wildman–Crippen LogP) is 2.00. The van der Waals surface area contributed by atoms with Gasteiger partial charge in [-0.3, -0.25) is 4.79 Å². The Morgan fingerprint density at radius 2 is 2.41 bits per heavy atom. The van der Waals surface area contributed by atoms with Crippen LogP contribution >= 0.6 is 0 Å². The molecule has 2 aliphatic heterocycles. The SMILES string of the molecule is C/C=C/c1cn(CC2CCCN2C(=O)C2=COCCC2)nn1. The number of allylic oxidation sites excluding steroid dienone is 1. The van der Waals surface area contributed by atoms with E-state index >= 15 is 0 Å². The molecular formula is C16H22N4O2. The summed E-state index contributed by atoms with van der Waals surface area (Å²) in [6.07, 6.45) is 11.2. The lowest BCUT2D eigenvalue weighted by atomic mass is 10.1. The van der Waals surface area contributed by atoms with Crippen LogP contribution in [0.4, 0.5) is 0 Å². The van der Waals surface area contributed by atoms with Gasteiger partial charge in [-0.05, 0) is 38.7 Å². The van der Waals surface area contributed by atoms with Crippen LogP contribution in [0.5, 0.6) is 0 Å². The number of rotatable bonds is 4. The average Bonchev–Trinajstić information content (AvgIpc) is 3.18. The summed E-state index contributed by atoms with van der Waals surface area (Å²) in [5.41, 5.74) is 1.65. The Hall–Kier alpha value is -2.11. The fourth-order valence-electron chi connectivity index (χ4n) is 3.06. The summed E-state index contributed by atoms with van der Waals surface area (Å²) in [5, 5.41) is 8.24. The van der Waals surface area contributed by atoms with E-state index in [9.17, 15) is 4.79 Å². The van der Waals surface area contributed by atoms with E-state index in [0.717, 1.165) is 43.5 Å². The first-order valence-corrected chi connectivity index (χ1v) is 7.92. The highest BCUT2D eigenvalue weighted by Crippen LogP contribution is 2.23. The molecule has 1 fully saturated rings. The van der Waals surface area contributed by atoms with Gasteiger partial charge in [-0.25, -0.2) is 4.68 Å². The molecule has 1 aromatic heterocycles. The van der Waals surface area contributed by atoms with E-state index in [1.807, 2.05) is 34.9 Å². The Morgan fingerprint density at radius 1 is 1.50 bits per heavy atom. The molecule has 0 spiro atoms. The van der Waals surface area contributed by atoms with Crippen LogP contribution in [0.3, 0.4) is 0 Å². The third kappa shape index (κ3) is 3.21. The van der Waals surface area contributed by atoms with Crippen LogP contribution in [0.25, 0.3) is 6.08 Å². The molecule has 1 unspecified atom stereocenters. The first-order chi connectivity index (χ1) is 10.8. The molecular weight excluding hydrogens is 280 g/mol. The number of carbonyl (C=O) groups is 1. The van der Waals surface area contributed by atoms with E-state index in [1.54, 1.807) is 6.26 Å². The van der Waals surface area contributed by atoms with E-state index in [-0.39, 0.29) is 11.9 Å². The van der Waals surface area contributed by atoms with E-state index < -0.39 is 0 Å². The fraction of sp³-hybridized carbons (Fsp3) is 0.562. The first kappa shape index (κ1) is 14.8. The quantitative estimate of drug-likeness (QED) is 0.853. The Kier molecular flexibility index (Phi) is 4.56. The second kappa shape index (κ2) is 6.77. The van der Waals surface area contributed by atoms with Crippen LogP contribution < -0.4 is 0 Å². The van der Waals surface area contributed by atoms with Crippen molar-refractivity contribution in [3.8, 4) is 0 Å². The Bertz CT molecular complexity index is 591. The highest BCUT2D eigenvalue weighted by atomic mass is 16.5. The Labute approximate surface area is 130 Å². The number of ether oxygens (including phenoxy) is 1. The van der Waals surface area contributed by atoms with Crippen molar-refractivity contribution in [3.05, 3.63) is 29.8 Å². The summed E-state index contributed by atoms with van der Waals surface area (Å²) in [6, 6.07) is 0.190. The molecule has 2 aliphatic rings. The van der Waals surface area contributed by atoms with Gasteiger partial charge in [0, 0.05) is 6.54 Å². The smallest absolute Gasteiger partial charge is 0.253 e. The second-order valence-corrected chi connectivity index (χ2v) is 5.78. The van der Waals surface area contributed by atoms with Crippen molar-refractivity contribution < 1.29 is 9.53 Å². The lowest BCUT2D eigenvalue weighted by Gasteiger charge is -2.26. The predicted molar refractivity (Wildman–Crippen MR) is 82.7 cm³/mol. The molecule has 0 saturated carbocycles. The molecule has 6 heteroatoms. The van der Waals surface area contributed by atoms with Crippen LogP contribution in [0.1, 0.15) is 38.3 Å². The minimum atomic E-state index is 0.121. The van der Waals surface area contributed by atoms with E-state index in [2.05, 4.69) is 10.3 Å². The summed E-state index contributed by atoms with van der Waals surface area (Å²) in [5.74, 6) is 0.121. The molecule has 1 aromatic rings. The zero-order valence-electron chi connectivity index (χ0n) is 12.9. The van der Waals surface area contributed by atoms with E-state index in [4.69, 9.17) is 4.74 Å². The molecule has 0 bridgehead atoms. The highest BCUT2D eigenvalue weighted by Gasteiger charge is 2.31. The molecule has 22 heavy (non-hydrogen) atoms. The normalized spacial score (nSPS) is 22.0. The maximum Gasteiger partial charge on any atom is 0.253 e. The molecule has 118 valence electrons. The molecule has 0 aliphatic carbocycles.